The van der Waals surface area contributed by atoms with Gasteiger partial charge in [0.25, 0.3) is 0 Å². The van der Waals surface area contributed by atoms with Gasteiger partial charge in [-0.05, 0) is 11.8 Å². The van der Waals surface area contributed by atoms with Crippen molar-refractivity contribution in [2.24, 2.45) is 29.0 Å². The van der Waals surface area contributed by atoms with Gasteiger partial charge in [-0.1, -0.05) is 13.8 Å². The second-order valence-electron chi connectivity index (χ2n) is 3.45. The molecule has 0 heterocycles. The van der Waals surface area contributed by atoms with Gasteiger partial charge in [-0.15, -0.1) is 0 Å². The first-order valence-corrected chi connectivity index (χ1v) is 3.82. The van der Waals surface area contributed by atoms with Crippen LogP contribution in [0.1, 0.15) is 13.8 Å². The molecule has 1 aliphatic carbocycles. The van der Waals surface area contributed by atoms with E-state index in [0.717, 1.165) is 0 Å². The Morgan fingerprint density at radius 1 is 0.700 bits per heavy atom. The van der Waals surface area contributed by atoms with E-state index in [4.69, 9.17) is 17.2 Å². The maximum atomic E-state index is 5.84. The van der Waals surface area contributed by atoms with Gasteiger partial charge >= 0.3 is 0 Å². The van der Waals surface area contributed by atoms with E-state index in [0.29, 0.717) is 11.8 Å². The molecule has 1 saturated carbocycles. The first-order chi connectivity index (χ1) is 4.55. The van der Waals surface area contributed by atoms with Gasteiger partial charge in [-0.3, -0.25) is 0 Å². The predicted octanol–water partition coefficient (Wildman–Crippen LogP) is -0.746. The van der Waals surface area contributed by atoms with Crippen LogP contribution in [0, 0.1) is 11.8 Å². The fourth-order valence-corrected chi connectivity index (χ4v) is 1.69. The molecule has 0 spiro atoms. The van der Waals surface area contributed by atoms with Crippen LogP contribution in [0.2, 0.25) is 0 Å². The van der Waals surface area contributed by atoms with Gasteiger partial charge in [0.15, 0.2) is 0 Å². The molecule has 3 nitrogen and oxygen atoms in total. The van der Waals surface area contributed by atoms with E-state index >= 15 is 0 Å². The molecule has 6 N–H and O–H groups in total. The lowest BCUT2D eigenvalue weighted by Gasteiger charge is -2.14. The quantitative estimate of drug-likeness (QED) is 0.417. The number of hydrogen-bond acceptors (Lipinski definition) is 3. The van der Waals surface area contributed by atoms with Crippen LogP contribution in [-0.2, 0) is 0 Å². The van der Waals surface area contributed by atoms with E-state index < -0.39 is 0 Å². The third-order valence-corrected chi connectivity index (χ3v) is 2.87. The molecule has 0 amide bonds. The summed E-state index contributed by atoms with van der Waals surface area (Å²) in [4.78, 5) is 0. The van der Waals surface area contributed by atoms with Gasteiger partial charge < -0.3 is 17.2 Å². The van der Waals surface area contributed by atoms with Gasteiger partial charge in [-0.25, -0.2) is 0 Å². The smallest absolute Gasteiger partial charge is 0.0236 e. The molecule has 1 aliphatic rings. The summed E-state index contributed by atoms with van der Waals surface area (Å²) in [6.45, 7) is 4.14. The summed E-state index contributed by atoms with van der Waals surface area (Å²) in [6.07, 6.45) is 0. The van der Waals surface area contributed by atoms with Crippen molar-refractivity contribution in [3.8, 4) is 0 Å². The molecule has 1 rings (SSSR count). The van der Waals surface area contributed by atoms with Crippen molar-refractivity contribution in [1.82, 2.24) is 0 Å². The fourth-order valence-electron chi connectivity index (χ4n) is 1.69. The maximum Gasteiger partial charge on any atom is 0.0236 e. The van der Waals surface area contributed by atoms with Crippen molar-refractivity contribution in [3.63, 3.8) is 0 Å². The van der Waals surface area contributed by atoms with Crippen molar-refractivity contribution < 1.29 is 0 Å². The Morgan fingerprint density at radius 2 is 1.00 bits per heavy atom. The lowest BCUT2D eigenvalue weighted by molar-refractivity contribution is 0.439. The molecule has 0 bridgehead atoms. The molecular formula is C7H17N3. The number of rotatable bonds is 0. The van der Waals surface area contributed by atoms with Crippen molar-refractivity contribution in [2.45, 2.75) is 32.0 Å². The molecule has 4 atom stereocenters. The Balaban J connectivity index is 2.68. The van der Waals surface area contributed by atoms with Crippen molar-refractivity contribution >= 4 is 0 Å². The van der Waals surface area contributed by atoms with Gasteiger partial charge in [0, 0.05) is 18.1 Å². The molecule has 0 radical (unpaired) electrons. The first-order valence-electron chi connectivity index (χ1n) is 3.82. The lowest BCUT2D eigenvalue weighted by atomic mass is 10.0. The standard InChI is InChI=1S/C7H17N3/c1-3-5(8)4(2)7(10)6(3)9/h3-7H,8-10H2,1-2H3. The highest BCUT2D eigenvalue weighted by molar-refractivity contribution is 5.00. The Kier molecular flexibility index (Phi) is 1.99. The highest BCUT2D eigenvalue weighted by Gasteiger charge is 2.40. The van der Waals surface area contributed by atoms with Gasteiger partial charge in [-0.2, -0.15) is 0 Å². The summed E-state index contributed by atoms with van der Waals surface area (Å²) in [7, 11) is 0. The highest BCUT2D eigenvalue weighted by atomic mass is 14.9. The summed E-state index contributed by atoms with van der Waals surface area (Å²) in [6, 6.07) is 0.361. The fraction of sp³-hybridized carbons (Fsp3) is 1.00. The van der Waals surface area contributed by atoms with E-state index in [1.54, 1.807) is 0 Å². The van der Waals surface area contributed by atoms with Gasteiger partial charge in [0.2, 0.25) is 0 Å². The average Bonchev–Trinajstić information content (AvgIpc) is 2.07. The Labute approximate surface area is 61.9 Å². The van der Waals surface area contributed by atoms with Crippen molar-refractivity contribution in [2.75, 3.05) is 0 Å². The summed E-state index contributed by atoms with van der Waals surface area (Å²) >= 11 is 0. The van der Waals surface area contributed by atoms with Crippen LogP contribution in [0.3, 0.4) is 0 Å². The predicted molar refractivity (Wildman–Crippen MR) is 42.3 cm³/mol. The second kappa shape index (κ2) is 2.49. The van der Waals surface area contributed by atoms with Crippen molar-refractivity contribution in [3.05, 3.63) is 0 Å². The minimum atomic E-state index is 0.0880. The van der Waals surface area contributed by atoms with Crippen LogP contribution in [0.15, 0.2) is 0 Å². The molecular weight excluding hydrogens is 126 g/mol. The van der Waals surface area contributed by atoms with Gasteiger partial charge in [0.05, 0.1) is 0 Å². The molecule has 0 aromatic carbocycles. The first kappa shape index (κ1) is 7.98. The van der Waals surface area contributed by atoms with E-state index in [-0.39, 0.29) is 18.1 Å². The third kappa shape index (κ3) is 0.944. The van der Waals surface area contributed by atoms with E-state index in [9.17, 15) is 0 Å². The minimum Gasteiger partial charge on any atom is -0.327 e. The summed E-state index contributed by atoms with van der Waals surface area (Å²) in [5.74, 6) is 0.731. The second-order valence-corrected chi connectivity index (χ2v) is 3.45. The highest BCUT2D eigenvalue weighted by Crippen LogP contribution is 2.26. The summed E-state index contributed by atoms with van der Waals surface area (Å²) < 4.78 is 0. The van der Waals surface area contributed by atoms with Crippen LogP contribution < -0.4 is 17.2 Å². The number of hydrogen-bond donors (Lipinski definition) is 3. The normalized spacial score (nSPS) is 55.5. The SMILES string of the molecule is CC1C(N)C(C)C(N)C1N. The molecule has 1 fully saturated rings. The largest absolute Gasteiger partial charge is 0.327 e. The zero-order valence-corrected chi connectivity index (χ0v) is 6.62. The molecule has 0 saturated heterocycles. The Morgan fingerprint density at radius 3 is 1.10 bits per heavy atom. The third-order valence-electron chi connectivity index (χ3n) is 2.87. The zero-order chi connectivity index (χ0) is 7.89. The van der Waals surface area contributed by atoms with E-state index in [1.165, 1.54) is 0 Å². The minimum absolute atomic E-state index is 0.0880. The average molecular weight is 143 g/mol. The monoisotopic (exact) mass is 143 g/mol. The van der Waals surface area contributed by atoms with E-state index in [2.05, 4.69) is 13.8 Å². The molecule has 0 aromatic rings. The summed E-state index contributed by atoms with van der Waals surface area (Å²) in [5, 5.41) is 0. The topological polar surface area (TPSA) is 78.1 Å². The molecule has 3 heteroatoms. The Bertz CT molecular complexity index is 81.2. The van der Waals surface area contributed by atoms with Crippen LogP contribution >= 0.6 is 0 Å². The van der Waals surface area contributed by atoms with Crippen LogP contribution in [-0.4, -0.2) is 18.1 Å². The molecule has 4 unspecified atom stereocenters. The number of nitrogens with two attached hydrogens (primary N) is 3. The van der Waals surface area contributed by atoms with Crippen LogP contribution in [0.5, 0.6) is 0 Å². The zero-order valence-electron chi connectivity index (χ0n) is 6.62. The van der Waals surface area contributed by atoms with Gasteiger partial charge in [0.1, 0.15) is 0 Å². The maximum absolute atomic E-state index is 5.84. The van der Waals surface area contributed by atoms with Crippen LogP contribution in [0.4, 0.5) is 0 Å². The molecule has 10 heavy (non-hydrogen) atoms. The molecule has 0 aliphatic heterocycles. The Hall–Kier alpha value is -0.120. The van der Waals surface area contributed by atoms with Crippen molar-refractivity contribution in [1.29, 1.82) is 0 Å². The lowest BCUT2D eigenvalue weighted by Crippen LogP contribution is -2.41. The van der Waals surface area contributed by atoms with Crippen LogP contribution in [0.25, 0.3) is 0 Å². The molecule has 0 aromatic heterocycles. The summed E-state index contributed by atoms with van der Waals surface area (Å²) in [5.41, 5.74) is 17.4. The van der Waals surface area contributed by atoms with E-state index in [1.807, 2.05) is 0 Å². The molecule has 60 valence electrons.